The van der Waals surface area contributed by atoms with Crippen LogP contribution in [0.2, 0.25) is 0 Å². The number of rotatable bonds is 9. The number of benzene rings is 1. The average Bonchev–Trinajstić information content (AvgIpc) is 3.01. The summed E-state index contributed by atoms with van der Waals surface area (Å²) < 4.78 is 5.11. The molecule has 136 valence electrons. The van der Waals surface area contributed by atoms with Crippen LogP contribution in [0.5, 0.6) is 0 Å². The fraction of sp³-hybridized carbons (Fsp3) is 0.611. The van der Waals surface area contributed by atoms with Crippen LogP contribution >= 0.6 is 24.2 Å². The van der Waals surface area contributed by atoms with Gasteiger partial charge in [-0.05, 0) is 31.9 Å². The van der Waals surface area contributed by atoms with Crippen molar-refractivity contribution in [3.8, 4) is 0 Å². The molecule has 2 N–H and O–H groups in total. The zero-order valence-corrected chi connectivity index (χ0v) is 16.2. The highest BCUT2D eigenvalue weighted by Gasteiger charge is 2.35. The standard InChI is InChI=1S/C18H28N2O2S.ClH/c1-15-5-7-16(8-6-15)23-18(9-3-4-10-18)14-20-17(21)13-19-11-12-22-2;/h5-8,19H,3-4,9-14H2,1-2H3,(H,20,21);1H. The molecule has 0 unspecified atom stereocenters. The molecule has 6 heteroatoms. The molecule has 0 radical (unpaired) electrons. The Kier molecular flexibility index (Phi) is 9.74. The summed E-state index contributed by atoms with van der Waals surface area (Å²) in [4.78, 5) is 13.3. The lowest BCUT2D eigenvalue weighted by molar-refractivity contribution is -0.120. The van der Waals surface area contributed by atoms with Crippen molar-refractivity contribution in [3.05, 3.63) is 29.8 Å². The fourth-order valence-electron chi connectivity index (χ4n) is 2.89. The lowest BCUT2D eigenvalue weighted by atomic mass is 10.1. The number of halogens is 1. The Labute approximate surface area is 155 Å². The van der Waals surface area contributed by atoms with Gasteiger partial charge in [0.15, 0.2) is 0 Å². The number of hydrogen-bond donors (Lipinski definition) is 2. The van der Waals surface area contributed by atoms with Crippen LogP contribution < -0.4 is 10.6 Å². The molecule has 1 saturated carbocycles. The van der Waals surface area contributed by atoms with Gasteiger partial charge in [0.2, 0.25) is 5.91 Å². The molecule has 1 aliphatic carbocycles. The molecule has 1 fully saturated rings. The summed E-state index contributed by atoms with van der Waals surface area (Å²) in [7, 11) is 1.66. The van der Waals surface area contributed by atoms with Crippen molar-refractivity contribution >= 4 is 30.1 Å². The Morgan fingerprint density at radius 2 is 1.92 bits per heavy atom. The second-order valence-electron chi connectivity index (χ2n) is 6.25. The highest BCUT2D eigenvalue weighted by atomic mass is 35.5. The van der Waals surface area contributed by atoms with Gasteiger partial charge in [-0.1, -0.05) is 30.5 Å². The van der Waals surface area contributed by atoms with Gasteiger partial charge in [-0.15, -0.1) is 24.2 Å². The Morgan fingerprint density at radius 3 is 2.54 bits per heavy atom. The van der Waals surface area contributed by atoms with Gasteiger partial charge < -0.3 is 15.4 Å². The van der Waals surface area contributed by atoms with Crippen molar-refractivity contribution in [3.63, 3.8) is 0 Å². The van der Waals surface area contributed by atoms with E-state index in [0.29, 0.717) is 19.7 Å². The smallest absolute Gasteiger partial charge is 0.234 e. The van der Waals surface area contributed by atoms with Crippen molar-refractivity contribution < 1.29 is 9.53 Å². The minimum absolute atomic E-state index is 0. The van der Waals surface area contributed by atoms with Crippen LogP contribution in [-0.2, 0) is 9.53 Å². The SMILES string of the molecule is COCCNCC(=O)NCC1(Sc2ccc(C)cc2)CCCC1.Cl. The van der Waals surface area contributed by atoms with E-state index in [1.807, 2.05) is 11.8 Å². The van der Waals surface area contributed by atoms with Gasteiger partial charge in [-0.25, -0.2) is 0 Å². The molecule has 0 heterocycles. The summed E-state index contributed by atoms with van der Waals surface area (Å²) in [6.07, 6.45) is 4.84. The predicted octanol–water partition coefficient (Wildman–Crippen LogP) is 3.17. The van der Waals surface area contributed by atoms with Crippen LogP contribution in [0.1, 0.15) is 31.2 Å². The van der Waals surface area contributed by atoms with E-state index in [1.54, 1.807) is 7.11 Å². The number of nitrogens with one attached hydrogen (secondary N) is 2. The van der Waals surface area contributed by atoms with Gasteiger partial charge in [0.05, 0.1) is 13.2 Å². The topological polar surface area (TPSA) is 50.4 Å². The van der Waals surface area contributed by atoms with E-state index < -0.39 is 0 Å². The molecular formula is C18H29ClN2O2S. The van der Waals surface area contributed by atoms with Gasteiger partial charge in [0.1, 0.15) is 0 Å². The molecule has 0 aromatic heterocycles. The van der Waals surface area contributed by atoms with Crippen LogP contribution in [0.4, 0.5) is 0 Å². The quantitative estimate of drug-likeness (QED) is 0.654. The number of methoxy groups -OCH3 is 1. The van der Waals surface area contributed by atoms with Crippen LogP contribution in [0.15, 0.2) is 29.2 Å². The second kappa shape index (κ2) is 11.0. The maximum atomic E-state index is 12.0. The molecule has 2 rings (SSSR count). The number of carbonyl (C=O) groups is 1. The molecule has 0 aliphatic heterocycles. The third-order valence-corrected chi connectivity index (χ3v) is 5.74. The number of aryl methyl sites for hydroxylation is 1. The Morgan fingerprint density at radius 1 is 1.25 bits per heavy atom. The van der Waals surface area contributed by atoms with Crippen LogP contribution in [0.25, 0.3) is 0 Å². The first-order valence-corrected chi connectivity index (χ1v) is 9.17. The van der Waals surface area contributed by atoms with E-state index in [2.05, 4.69) is 41.8 Å². The maximum absolute atomic E-state index is 12.0. The number of amides is 1. The molecule has 0 spiro atoms. The van der Waals surface area contributed by atoms with Crippen LogP contribution in [-0.4, -0.2) is 44.0 Å². The van der Waals surface area contributed by atoms with Crippen molar-refractivity contribution in [2.45, 2.75) is 42.2 Å². The summed E-state index contributed by atoms with van der Waals surface area (Å²) in [5.41, 5.74) is 1.28. The van der Waals surface area contributed by atoms with Gasteiger partial charge in [-0.3, -0.25) is 4.79 Å². The first-order chi connectivity index (χ1) is 11.1. The monoisotopic (exact) mass is 372 g/mol. The molecule has 0 saturated heterocycles. The summed E-state index contributed by atoms with van der Waals surface area (Å²) in [5, 5.41) is 6.20. The molecule has 0 atom stereocenters. The molecule has 1 amide bonds. The van der Waals surface area contributed by atoms with E-state index in [1.165, 1.54) is 36.1 Å². The number of ether oxygens (including phenoxy) is 1. The lowest BCUT2D eigenvalue weighted by Crippen LogP contribution is -2.42. The largest absolute Gasteiger partial charge is 0.383 e. The summed E-state index contributed by atoms with van der Waals surface area (Å²) in [6.45, 7) is 4.54. The highest BCUT2D eigenvalue weighted by Crippen LogP contribution is 2.44. The lowest BCUT2D eigenvalue weighted by Gasteiger charge is -2.29. The zero-order chi connectivity index (χ0) is 16.5. The minimum atomic E-state index is 0. The first kappa shape index (κ1) is 21.3. The zero-order valence-electron chi connectivity index (χ0n) is 14.6. The minimum Gasteiger partial charge on any atom is -0.383 e. The molecule has 1 aromatic carbocycles. The van der Waals surface area contributed by atoms with Crippen LogP contribution in [0.3, 0.4) is 0 Å². The molecular weight excluding hydrogens is 344 g/mol. The van der Waals surface area contributed by atoms with Crippen molar-refractivity contribution in [1.29, 1.82) is 0 Å². The first-order valence-electron chi connectivity index (χ1n) is 8.36. The van der Waals surface area contributed by atoms with Gasteiger partial charge >= 0.3 is 0 Å². The van der Waals surface area contributed by atoms with Crippen molar-refractivity contribution in [2.24, 2.45) is 0 Å². The summed E-state index contributed by atoms with van der Waals surface area (Å²) >= 11 is 1.93. The van der Waals surface area contributed by atoms with E-state index in [-0.39, 0.29) is 23.1 Å². The van der Waals surface area contributed by atoms with Crippen LogP contribution in [0, 0.1) is 6.92 Å². The Bertz CT molecular complexity index is 490. The maximum Gasteiger partial charge on any atom is 0.234 e. The Balaban J connectivity index is 0.00000288. The van der Waals surface area contributed by atoms with E-state index in [9.17, 15) is 4.79 Å². The van der Waals surface area contributed by atoms with Gasteiger partial charge in [0, 0.05) is 29.8 Å². The van der Waals surface area contributed by atoms with Crippen molar-refractivity contribution in [1.82, 2.24) is 10.6 Å². The summed E-state index contributed by atoms with van der Waals surface area (Å²) in [5.74, 6) is 0.0666. The predicted molar refractivity (Wildman–Crippen MR) is 103 cm³/mol. The molecule has 4 nitrogen and oxygen atoms in total. The molecule has 24 heavy (non-hydrogen) atoms. The second-order valence-corrected chi connectivity index (χ2v) is 7.79. The fourth-order valence-corrected chi connectivity index (χ4v) is 4.30. The highest BCUT2D eigenvalue weighted by molar-refractivity contribution is 8.00. The number of carbonyl (C=O) groups excluding carboxylic acids is 1. The molecule has 0 bridgehead atoms. The van der Waals surface area contributed by atoms with E-state index in [4.69, 9.17) is 4.74 Å². The van der Waals surface area contributed by atoms with Crippen molar-refractivity contribution in [2.75, 3.05) is 33.4 Å². The number of thioether (sulfide) groups is 1. The van der Waals surface area contributed by atoms with Gasteiger partial charge in [-0.2, -0.15) is 0 Å². The third kappa shape index (κ3) is 7.01. The Hall–Kier alpha value is -0.750. The van der Waals surface area contributed by atoms with E-state index >= 15 is 0 Å². The van der Waals surface area contributed by atoms with Gasteiger partial charge in [0.25, 0.3) is 0 Å². The molecule has 1 aromatic rings. The summed E-state index contributed by atoms with van der Waals surface area (Å²) in [6, 6.07) is 8.69. The average molecular weight is 373 g/mol. The normalized spacial score (nSPS) is 15.8. The third-order valence-electron chi connectivity index (χ3n) is 4.25. The number of hydrogen-bond acceptors (Lipinski definition) is 4. The van der Waals surface area contributed by atoms with E-state index in [0.717, 1.165) is 6.54 Å². The molecule has 1 aliphatic rings.